The summed E-state index contributed by atoms with van der Waals surface area (Å²) in [6, 6.07) is 12.8. The van der Waals surface area contributed by atoms with E-state index in [4.69, 9.17) is 0 Å². The second-order valence-corrected chi connectivity index (χ2v) is 5.05. The molecule has 2 aromatic carbocycles. The number of aromatic amines is 1. The maximum atomic E-state index is 12.0. The van der Waals surface area contributed by atoms with Gasteiger partial charge in [0.1, 0.15) is 0 Å². The second-order valence-electron chi connectivity index (χ2n) is 4.13. The largest absolute Gasteiger partial charge is 0.322 e. The minimum absolute atomic E-state index is 0.129. The Hall–Kier alpha value is -2.14. The molecule has 0 fully saturated rings. The third-order valence-corrected chi connectivity index (χ3v) is 3.33. The van der Waals surface area contributed by atoms with Crippen LogP contribution in [0.3, 0.4) is 0 Å². The highest BCUT2D eigenvalue weighted by atomic mass is 79.9. The van der Waals surface area contributed by atoms with Crippen molar-refractivity contribution >= 4 is 38.4 Å². The van der Waals surface area contributed by atoms with E-state index in [1.807, 2.05) is 30.3 Å². The van der Waals surface area contributed by atoms with Crippen LogP contribution in [0.25, 0.3) is 10.9 Å². The first-order valence-corrected chi connectivity index (χ1v) is 6.52. The van der Waals surface area contributed by atoms with Gasteiger partial charge in [-0.05, 0) is 42.5 Å². The number of halogens is 1. The van der Waals surface area contributed by atoms with E-state index in [9.17, 15) is 4.79 Å². The third-order valence-electron chi connectivity index (χ3n) is 2.80. The van der Waals surface area contributed by atoms with Crippen LogP contribution in [0.2, 0.25) is 0 Å². The minimum atomic E-state index is -0.129. The first-order chi connectivity index (χ1) is 9.22. The van der Waals surface area contributed by atoms with Gasteiger partial charge in [0, 0.05) is 21.1 Å². The van der Waals surface area contributed by atoms with Crippen molar-refractivity contribution in [2.45, 2.75) is 0 Å². The fourth-order valence-corrected chi connectivity index (χ4v) is 2.09. The number of rotatable bonds is 2. The highest BCUT2D eigenvalue weighted by Gasteiger charge is 2.06. The number of H-pyrrole nitrogens is 1. The molecule has 0 unspecified atom stereocenters. The molecule has 3 aromatic rings. The van der Waals surface area contributed by atoms with Crippen LogP contribution < -0.4 is 5.32 Å². The Kier molecular flexibility index (Phi) is 3.05. The first-order valence-electron chi connectivity index (χ1n) is 5.72. The molecule has 1 amide bonds. The number of fused-ring (bicyclic) bond motifs is 1. The molecule has 0 spiro atoms. The quantitative estimate of drug-likeness (QED) is 0.759. The standard InChI is InChI=1S/C14H10BrN3O/c15-11-3-1-9(2-4-11)14(19)17-12-5-6-13-10(7-12)8-16-18-13/h1-8H,(H,16,18)(H,17,19). The molecule has 3 rings (SSSR count). The summed E-state index contributed by atoms with van der Waals surface area (Å²) >= 11 is 3.34. The van der Waals surface area contributed by atoms with Crippen molar-refractivity contribution < 1.29 is 4.79 Å². The van der Waals surface area contributed by atoms with Gasteiger partial charge in [0.05, 0.1) is 11.7 Å². The number of nitrogens with one attached hydrogen (secondary N) is 2. The zero-order valence-electron chi connectivity index (χ0n) is 9.85. The number of aromatic nitrogens is 2. The van der Waals surface area contributed by atoms with Gasteiger partial charge in [0.15, 0.2) is 0 Å². The van der Waals surface area contributed by atoms with Gasteiger partial charge in [-0.3, -0.25) is 9.89 Å². The second kappa shape index (κ2) is 4.85. The Morgan fingerprint density at radius 2 is 1.95 bits per heavy atom. The summed E-state index contributed by atoms with van der Waals surface area (Å²) in [4.78, 5) is 12.0. The minimum Gasteiger partial charge on any atom is -0.322 e. The van der Waals surface area contributed by atoms with E-state index < -0.39 is 0 Å². The zero-order valence-corrected chi connectivity index (χ0v) is 11.4. The molecular weight excluding hydrogens is 306 g/mol. The molecule has 0 aliphatic heterocycles. The fraction of sp³-hybridized carbons (Fsp3) is 0. The molecule has 0 aliphatic carbocycles. The van der Waals surface area contributed by atoms with Gasteiger partial charge < -0.3 is 5.32 Å². The average molecular weight is 316 g/mol. The predicted octanol–water partition coefficient (Wildman–Crippen LogP) is 3.58. The lowest BCUT2D eigenvalue weighted by atomic mass is 10.2. The monoisotopic (exact) mass is 315 g/mol. The van der Waals surface area contributed by atoms with E-state index in [-0.39, 0.29) is 5.91 Å². The molecule has 0 bridgehead atoms. The summed E-state index contributed by atoms with van der Waals surface area (Å²) in [7, 11) is 0. The van der Waals surface area contributed by atoms with Gasteiger partial charge in [-0.15, -0.1) is 0 Å². The first kappa shape index (κ1) is 11.9. The van der Waals surface area contributed by atoms with E-state index >= 15 is 0 Å². The van der Waals surface area contributed by atoms with Crippen LogP contribution in [0.5, 0.6) is 0 Å². The summed E-state index contributed by atoms with van der Waals surface area (Å²) < 4.78 is 0.948. The van der Waals surface area contributed by atoms with Crippen LogP contribution in [0.4, 0.5) is 5.69 Å². The van der Waals surface area contributed by atoms with Crippen molar-refractivity contribution in [2.75, 3.05) is 5.32 Å². The smallest absolute Gasteiger partial charge is 0.255 e. The van der Waals surface area contributed by atoms with Crippen LogP contribution >= 0.6 is 15.9 Å². The van der Waals surface area contributed by atoms with E-state index in [0.717, 1.165) is 21.1 Å². The van der Waals surface area contributed by atoms with E-state index in [1.165, 1.54) is 0 Å². The number of hydrogen-bond donors (Lipinski definition) is 2. The lowest BCUT2D eigenvalue weighted by molar-refractivity contribution is 0.102. The summed E-state index contributed by atoms with van der Waals surface area (Å²) in [5.74, 6) is -0.129. The number of amides is 1. The summed E-state index contributed by atoms with van der Waals surface area (Å²) in [6.07, 6.45) is 1.73. The van der Waals surface area contributed by atoms with Gasteiger partial charge in [0.2, 0.25) is 0 Å². The number of carbonyl (C=O) groups is 1. The maximum absolute atomic E-state index is 12.0. The van der Waals surface area contributed by atoms with E-state index in [2.05, 4.69) is 31.4 Å². The third kappa shape index (κ3) is 2.51. The number of benzene rings is 2. The number of nitrogens with zero attached hydrogens (tertiary/aromatic N) is 1. The topological polar surface area (TPSA) is 57.8 Å². The van der Waals surface area contributed by atoms with Crippen LogP contribution in [0.1, 0.15) is 10.4 Å². The summed E-state index contributed by atoms with van der Waals surface area (Å²) in [5.41, 5.74) is 2.32. The Labute approximate surface area is 118 Å². The van der Waals surface area contributed by atoms with E-state index in [0.29, 0.717) is 5.56 Å². The molecule has 1 aromatic heterocycles. The van der Waals surface area contributed by atoms with Crippen molar-refractivity contribution in [3.63, 3.8) is 0 Å². The van der Waals surface area contributed by atoms with Crippen LogP contribution in [0, 0.1) is 0 Å². The Balaban J connectivity index is 1.83. The van der Waals surface area contributed by atoms with Crippen molar-refractivity contribution in [3.05, 3.63) is 58.7 Å². The molecule has 94 valence electrons. The van der Waals surface area contributed by atoms with Crippen LogP contribution in [-0.2, 0) is 0 Å². The van der Waals surface area contributed by atoms with Gasteiger partial charge in [-0.25, -0.2) is 0 Å². The predicted molar refractivity (Wildman–Crippen MR) is 78.2 cm³/mol. The lowest BCUT2D eigenvalue weighted by Crippen LogP contribution is -2.11. The highest BCUT2D eigenvalue weighted by molar-refractivity contribution is 9.10. The van der Waals surface area contributed by atoms with Gasteiger partial charge >= 0.3 is 0 Å². The van der Waals surface area contributed by atoms with Crippen LogP contribution in [0.15, 0.2) is 53.1 Å². The Bertz CT molecular complexity index is 734. The highest BCUT2D eigenvalue weighted by Crippen LogP contribution is 2.18. The van der Waals surface area contributed by atoms with Crippen molar-refractivity contribution in [1.29, 1.82) is 0 Å². The van der Waals surface area contributed by atoms with Gasteiger partial charge in [0.25, 0.3) is 5.91 Å². The van der Waals surface area contributed by atoms with Crippen LogP contribution in [-0.4, -0.2) is 16.1 Å². The average Bonchev–Trinajstić information content (AvgIpc) is 2.87. The van der Waals surface area contributed by atoms with Gasteiger partial charge in [-0.1, -0.05) is 15.9 Å². The van der Waals surface area contributed by atoms with Crippen molar-refractivity contribution in [1.82, 2.24) is 10.2 Å². The fourth-order valence-electron chi connectivity index (χ4n) is 1.82. The van der Waals surface area contributed by atoms with E-state index in [1.54, 1.807) is 18.3 Å². The van der Waals surface area contributed by atoms with Crippen molar-refractivity contribution in [2.24, 2.45) is 0 Å². The zero-order chi connectivity index (χ0) is 13.2. The molecule has 4 nitrogen and oxygen atoms in total. The molecule has 19 heavy (non-hydrogen) atoms. The molecule has 5 heteroatoms. The van der Waals surface area contributed by atoms with Gasteiger partial charge in [-0.2, -0.15) is 5.10 Å². The lowest BCUT2D eigenvalue weighted by Gasteiger charge is -2.05. The normalized spacial score (nSPS) is 10.6. The molecule has 2 N–H and O–H groups in total. The molecule has 0 saturated heterocycles. The van der Waals surface area contributed by atoms with Crippen molar-refractivity contribution in [3.8, 4) is 0 Å². The Morgan fingerprint density at radius 1 is 1.16 bits per heavy atom. The molecule has 0 saturated carbocycles. The SMILES string of the molecule is O=C(Nc1ccc2[nH]ncc2c1)c1ccc(Br)cc1. The molecule has 0 atom stereocenters. The molecule has 0 aliphatic rings. The number of anilines is 1. The molecule has 1 heterocycles. The number of hydrogen-bond acceptors (Lipinski definition) is 2. The summed E-state index contributed by atoms with van der Waals surface area (Å²) in [5, 5.41) is 10.6. The molecule has 0 radical (unpaired) electrons. The molecular formula is C14H10BrN3O. The maximum Gasteiger partial charge on any atom is 0.255 e. The number of carbonyl (C=O) groups excluding carboxylic acids is 1. The summed E-state index contributed by atoms with van der Waals surface area (Å²) in [6.45, 7) is 0. The Morgan fingerprint density at radius 3 is 2.74 bits per heavy atom.